The Morgan fingerprint density at radius 3 is 1.71 bits per heavy atom. The van der Waals surface area contributed by atoms with Crippen LogP contribution in [0.1, 0.15) is 6.92 Å². The number of hydrogen-bond donors (Lipinski definition) is 4. The first kappa shape index (κ1) is 23.5. The number of carbonyl (C=O) groups excluding carboxylic acids is 1. The van der Waals surface area contributed by atoms with Crippen molar-refractivity contribution in [3.63, 3.8) is 0 Å². The number of aromatic nitrogens is 3. The van der Waals surface area contributed by atoms with E-state index in [-0.39, 0.29) is 29.2 Å². The minimum absolute atomic E-state index is 0.0283. The Morgan fingerprint density at radius 1 is 0.714 bits per heavy atom. The van der Waals surface area contributed by atoms with Gasteiger partial charge in [-0.05, 0) is 55.5 Å². The van der Waals surface area contributed by atoms with E-state index in [0.29, 0.717) is 5.69 Å². The highest BCUT2D eigenvalue weighted by molar-refractivity contribution is 5.96. The molecule has 0 saturated heterocycles. The molecule has 0 radical (unpaired) electrons. The third kappa shape index (κ3) is 6.22. The molecule has 1 heterocycles. The molecular weight excluding hydrogens is 459 g/mol. The topological polar surface area (TPSA) is 104 Å². The number of benzene rings is 3. The fraction of sp³-hybridized carbons (Fsp3) is 0.0833. The van der Waals surface area contributed by atoms with Gasteiger partial charge in [-0.25, -0.2) is 13.2 Å². The second kappa shape index (κ2) is 10.5. The first-order valence-electron chi connectivity index (χ1n) is 10.5. The van der Waals surface area contributed by atoms with Crippen LogP contribution in [0, 0.1) is 17.5 Å². The molecule has 0 unspecified atom stereocenters. The lowest BCUT2D eigenvalue weighted by molar-refractivity contribution is -0.116. The molecule has 0 aliphatic rings. The molecule has 4 N–H and O–H groups in total. The first-order chi connectivity index (χ1) is 16.9. The second-order valence-corrected chi connectivity index (χ2v) is 7.38. The minimum atomic E-state index is -0.829. The van der Waals surface area contributed by atoms with Crippen molar-refractivity contribution >= 4 is 40.8 Å². The van der Waals surface area contributed by atoms with Crippen molar-refractivity contribution in [2.24, 2.45) is 0 Å². The normalized spacial score (nSPS) is 11.4. The summed E-state index contributed by atoms with van der Waals surface area (Å²) in [5.41, 5.74) is 0.636. The Morgan fingerprint density at radius 2 is 1.20 bits per heavy atom. The lowest BCUT2D eigenvalue weighted by Crippen LogP contribution is -2.32. The van der Waals surface area contributed by atoms with Crippen molar-refractivity contribution in [3.8, 4) is 0 Å². The fourth-order valence-electron chi connectivity index (χ4n) is 2.96. The highest BCUT2D eigenvalue weighted by Crippen LogP contribution is 2.22. The average Bonchev–Trinajstić information content (AvgIpc) is 2.83. The molecule has 11 heteroatoms. The number of rotatable bonds is 8. The lowest BCUT2D eigenvalue weighted by Gasteiger charge is -2.16. The summed E-state index contributed by atoms with van der Waals surface area (Å²) in [4.78, 5) is 25.2. The summed E-state index contributed by atoms with van der Waals surface area (Å²) in [5, 5.41) is 11.0. The molecule has 1 aromatic heterocycles. The molecule has 0 aliphatic heterocycles. The monoisotopic (exact) mass is 479 g/mol. The van der Waals surface area contributed by atoms with Crippen molar-refractivity contribution < 1.29 is 18.0 Å². The zero-order valence-corrected chi connectivity index (χ0v) is 18.4. The highest BCUT2D eigenvalue weighted by atomic mass is 19.1. The second-order valence-electron chi connectivity index (χ2n) is 7.38. The summed E-state index contributed by atoms with van der Waals surface area (Å²) < 4.78 is 41.4. The third-order valence-corrected chi connectivity index (χ3v) is 4.73. The number of anilines is 6. The van der Waals surface area contributed by atoms with Crippen LogP contribution in [-0.2, 0) is 4.79 Å². The Balaban J connectivity index is 1.57. The smallest absolute Gasteiger partial charge is 0.246 e. The van der Waals surface area contributed by atoms with Crippen LogP contribution in [0.15, 0.2) is 72.8 Å². The van der Waals surface area contributed by atoms with Gasteiger partial charge in [0, 0.05) is 5.69 Å². The Bertz CT molecular complexity index is 1270. The molecule has 35 heavy (non-hydrogen) atoms. The predicted octanol–water partition coefficient (Wildman–Crippen LogP) is 5.22. The number of halogens is 3. The molecule has 8 nitrogen and oxygen atoms in total. The van der Waals surface area contributed by atoms with Crippen LogP contribution in [-0.4, -0.2) is 26.9 Å². The average molecular weight is 479 g/mol. The summed E-state index contributed by atoms with van der Waals surface area (Å²) in [5.74, 6) is -2.04. The number of nitrogens with zero attached hydrogens (tertiary/aromatic N) is 3. The van der Waals surface area contributed by atoms with Crippen molar-refractivity contribution in [2.75, 3.05) is 21.3 Å². The van der Waals surface area contributed by atoms with E-state index < -0.39 is 29.4 Å². The van der Waals surface area contributed by atoms with E-state index in [4.69, 9.17) is 0 Å². The molecule has 1 atom stereocenters. The lowest BCUT2D eigenvalue weighted by atomic mass is 10.2. The van der Waals surface area contributed by atoms with Crippen LogP contribution in [0.5, 0.6) is 0 Å². The summed E-state index contributed by atoms with van der Waals surface area (Å²) in [7, 11) is 0. The number of amides is 1. The number of hydrogen-bond acceptors (Lipinski definition) is 7. The van der Waals surface area contributed by atoms with Gasteiger partial charge in [0.1, 0.15) is 23.5 Å². The summed E-state index contributed by atoms with van der Waals surface area (Å²) in [6.45, 7) is 1.57. The van der Waals surface area contributed by atoms with Crippen molar-refractivity contribution in [2.45, 2.75) is 13.0 Å². The van der Waals surface area contributed by atoms with Crippen LogP contribution < -0.4 is 21.3 Å². The van der Waals surface area contributed by atoms with Gasteiger partial charge in [-0.15, -0.1) is 0 Å². The molecule has 3 aromatic carbocycles. The van der Waals surface area contributed by atoms with E-state index in [1.165, 1.54) is 60.7 Å². The van der Waals surface area contributed by atoms with E-state index >= 15 is 0 Å². The largest absolute Gasteiger partial charge is 0.342 e. The van der Waals surface area contributed by atoms with Crippen molar-refractivity contribution in [3.05, 3.63) is 90.2 Å². The maximum Gasteiger partial charge on any atom is 0.246 e. The molecule has 0 bridgehead atoms. The standard InChI is InChI=1S/C24H20F3N7O/c1-14(21(35)29-16-12-10-15(25)11-13-16)28-22-32-23(30-19-8-4-2-6-17(19)26)34-24(33-22)31-20-9-5-3-7-18(20)27/h2-14H,1H3,(H,29,35)(H3,28,30,31,32,33,34)/t14-/m0/s1. The van der Waals surface area contributed by atoms with Gasteiger partial charge in [0.2, 0.25) is 23.8 Å². The van der Waals surface area contributed by atoms with Gasteiger partial charge in [0.25, 0.3) is 0 Å². The van der Waals surface area contributed by atoms with E-state index in [0.717, 1.165) is 0 Å². The maximum absolute atomic E-state index is 14.1. The molecule has 0 fully saturated rings. The highest BCUT2D eigenvalue weighted by Gasteiger charge is 2.17. The molecule has 4 rings (SSSR count). The molecule has 0 saturated carbocycles. The van der Waals surface area contributed by atoms with Crippen LogP contribution >= 0.6 is 0 Å². The van der Waals surface area contributed by atoms with Gasteiger partial charge in [-0.1, -0.05) is 24.3 Å². The van der Waals surface area contributed by atoms with Crippen molar-refractivity contribution in [1.82, 2.24) is 15.0 Å². The first-order valence-corrected chi connectivity index (χ1v) is 10.5. The van der Waals surface area contributed by atoms with E-state index in [1.807, 2.05) is 0 Å². The van der Waals surface area contributed by atoms with E-state index in [2.05, 4.69) is 36.2 Å². The van der Waals surface area contributed by atoms with Crippen LogP contribution in [0.4, 0.5) is 48.1 Å². The molecule has 0 spiro atoms. The van der Waals surface area contributed by atoms with Gasteiger partial charge in [-0.3, -0.25) is 4.79 Å². The third-order valence-electron chi connectivity index (χ3n) is 4.73. The summed E-state index contributed by atoms with van der Waals surface area (Å²) in [6.07, 6.45) is 0. The predicted molar refractivity (Wildman–Crippen MR) is 127 cm³/mol. The number of nitrogens with one attached hydrogen (secondary N) is 4. The van der Waals surface area contributed by atoms with Gasteiger partial charge in [-0.2, -0.15) is 15.0 Å². The maximum atomic E-state index is 14.1. The summed E-state index contributed by atoms with van der Waals surface area (Å²) in [6, 6.07) is 16.3. The minimum Gasteiger partial charge on any atom is -0.342 e. The van der Waals surface area contributed by atoms with Crippen molar-refractivity contribution in [1.29, 1.82) is 0 Å². The zero-order valence-electron chi connectivity index (χ0n) is 18.4. The summed E-state index contributed by atoms with van der Waals surface area (Å²) >= 11 is 0. The van der Waals surface area contributed by atoms with Crippen LogP contribution in [0.3, 0.4) is 0 Å². The quantitative estimate of drug-likeness (QED) is 0.275. The van der Waals surface area contributed by atoms with Gasteiger partial charge >= 0.3 is 0 Å². The molecular formula is C24H20F3N7O. The van der Waals surface area contributed by atoms with Crippen LogP contribution in [0.2, 0.25) is 0 Å². The SMILES string of the molecule is C[C@H](Nc1nc(Nc2ccccc2F)nc(Nc2ccccc2F)n1)C(=O)Nc1ccc(F)cc1. The Labute approximate surface area is 198 Å². The van der Waals surface area contributed by atoms with Crippen LogP contribution in [0.25, 0.3) is 0 Å². The zero-order chi connectivity index (χ0) is 24.8. The van der Waals surface area contributed by atoms with E-state index in [9.17, 15) is 18.0 Å². The Kier molecular flexibility index (Phi) is 7.05. The van der Waals surface area contributed by atoms with Gasteiger partial charge in [0.15, 0.2) is 0 Å². The Hall–Kier alpha value is -4.67. The number of carbonyl (C=O) groups is 1. The molecule has 1 amide bonds. The van der Waals surface area contributed by atoms with Gasteiger partial charge < -0.3 is 21.3 Å². The van der Waals surface area contributed by atoms with Gasteiger partial charge in [0.05, 0.1) is 11.4 Å². The van der Waals surface area contributed by atoms with E-state index in [1.54, 1.807) is 19.1 Å². The molecule has 0 aliphatic carbocycles. The molecule has 178 valence electrons. The number of para-hydroxylation sites is 2. The molecule has 4 aromatic rings. The fourth-order valence-corrected chi connectivity index (χ4v) is 2.96.